The molecular formula is C12H16N4O. The fourth-order valence-corrected chi connectivity index (χ4v) is 1.57. The third-order valence-electron chi connectivity index (χ3n) is 2.67. The molecule has 0 unspecified atom stereocenters. The van der Waals surface area contributed by atoms with Crippen molar-refractivity contribution in [3.05, 3.63) is 35.0 Å². The van der Waals surface area contributed by atoms with Crippen molar-refractivity contribution in [3.63, 3.8) is 0 Å². The van der Waals surface area contributed by atoms with Crippen LogP contribution in [0.2, 0.25) is 0 Å². The van der Waals surface area contributed by atoms with Crippen molar-refractivity contribution in [2.45, 2.75) is 27.3 Å². The van der Waals surface area contributed by atoms with E-state index in [2.05, 4.69) is 22.4 Å². The first-order valence-corrected chi connectivity index (χ1v) is 5.46. The molecule has 2 rings (SSSR count). The smallest absolute Gasteiger partial charge is 0.245 e. The van der Waals surface area contributed by atoms with Crippen LogP contribution >= 0.6 is 0 Å². The Kier molecular flexibility index (Phi) is 2.99. The number of hydrogen-bond acceptors (Lipinski definition) is 5. The number of aromatic nitrogens is 2. The summed E-state index contributed by atoms with van der Waals surface area (Å²) in [6.45, 7) is 6.36. The van der Waals surface area contributed by atoms with E-state index in [9.17, 15) is 0 Å². The van der Waals surface area contributed by atoms with Gasteiger partial charge in [-0.05, 0) is 44.0 Å². The monoisotopic (exact) mass is 232 g/mol. The summed E-state index contributed by atoms with van der Waals surface area (Å²) in [4.78, 5) is 4.11. The second kappa shape index (κ2) is 4.45. The van der Waals surface area contributed by atoms with Gasteiger partial charge in [-0.2, -0.15) is 4.98 Å². The van der Waals surface area contributed by atoms with Gasteiger partial charge in [-0.3, -0.25) is 0 Å². The molecule has 3 N–H and O–H groups in total. The molecule has 0 saturated heterocycles. The summed E-state index contributed by atoms with van der Waals surface area (Å²) in [6, 6.07) is 3.98. The van der Waals surface area contributed by atoms with Crippen LogP contribution in [0, 0.1) is 20.8 Å². The van der Waals surface area contributed by atoms with E-state index in [4.69, 9.17) is 10.3 Å². The van der Waals surface area contributed by atoms with Crippen LogP contribution in [0.3, 0.4) is 0 Å². The molecule has 17 heavy (non-hydrogen) atoms. The largest absolute Gasteiger partial charge is 0.397 e. The Labute approximate surface area is 100 Å². The SMILES string of the molecule is Cc1noc(CNc2cc(C)c(C)cc2N)n1. The Hall–Kier alpha value is -2.04. The molecule has 5 heteroatoms. The highest BCUT2D eigenvalue weighted by atomic mass is 16.5. The number of hydrogen-bond donors (Lipinski definition) is 2. The van der Waals surface area contributed by atoms with Crippen LogP contribution in [0.1, 0.15) is 22.8 Å². The highest BCUT2D eigenvalue weighted by molar-refractivity contribution is 5.68. The Morgan fingerprint density at radius 2 is 1.94 bits per heavy atom. The van der Waals surface area contributed by atoms with Gasteiger partial charge >= 0.3 is 0 Å². The average Bonchev–Trinajstić information content (AvgIpc) is 2.68. The molecule has 5 nitrogen and oxygen atoms in total. The minimum absolute atomic E-state index is 0.480. The number of benzene rings is 1. The zero-order valence-electron chi connectivity index (χ0n) is 10.2. The number of rotatable bonds is 3. The number of nitrogens with two attached hydrogens (primary N) is 1. The van der Waals surface area contributed by atoms with Crippen LogP contribution in [-0.2, 0) is 6.54 Å². The lowest BCUT2D eigenvalue weighted by Crippen LogP contribution is -2.03. The fourth-order valence-electron chi connectivity index (χ4n) is 1.57. The third kappa shape index (κ3) is 2.55. The normalized spacial score (nSPS) is 10.5. The van der Waals surface area contributed by atoms with Crippen molar-refractivity contribution in [2.75, 3.05) is 11.1 Å². The number of nitrogens with zero attached hydrogens (tertiary/aromatic N) is 2. The first-order valence-electron chi connectivity index (χ1n) is 5.46. The number of anilines is 2. The molecule has 90 valence electrons. The molecule has 2 aromatic rings. The molecule has 0 radical (unpaired) electrons. The van der Waals surface area contributed by atoms with E-state index in [-0.39, 0.29) is 0 Å². The molecule has 0 aliphatic heterocycles. The number of nitrogens with one attached hydrogen (secondary N) is 1. The van der Waals surface area contributed by atoms with Gasteiger partial charge in [0.15, 0.2) is 5.82 Å². The molecule has 0 bridgehead atoms. The minimum Gasteiger partial charge on any atom is -0.397 e. The van der Waals surface area contributed by atoms with Crippen LogP contribution in [0.4, 0.5) is 11.4 Å². The molecule has 1 aromatic heterocycles. The van der Waals surface area contributed by atoms with Gasteiger partial charge in [-0.1, -0.05) is 5.16 Å². The van der Waals surface area contributed by atoms with Crippen LogP contribution in [0.25, 0.3) is 0 Å². The summed E-state index contributed by atoms with van der Waals surface area (Å²) in [7, 11) is 0. The molecule has 1 heterocycles. The number of aryl methyl sites for hydroxylation is 3. The molecule has 1 aromatic carbocycles. The average molecular weight is 232 g/mol. The summed E-state index contributed by atoms with van der Waals surface area (Å²) in [6.07, 6.45) is 0. The number of nitrogen functional groups attached to an aromatic ring is 1. The first-order chi connectivity index (χ1) is 8.06. The minimum atomic E-state index is 0.480. The summed E-state index contributed by atoms with van der Waals surface area (Å²) < 4.78 is 5.02. The van der Waals surface area contributed by atoms with E-state index >= 15 is 0 Å². The van der Waals surface area contributed by atoms with Gasteiger partial charge < -0.3 is 15.6 Å². The van der Waals surface area contributed by atoms with Gasteiger partial charge in [0.2, 0.25) is 5.89 Å². The molecular weight excluding hydrogens is 216 g/mol. The zero-order chi connectivity index (χ0) is 12.4. The molecule has 0 amide bonds. The highest BCUT2D eigenvalue weighted by Crippen LogP contribution is 2.23. The van der Waals surface area contributed by atoms with E-state index in [0.717, 1.165) is 11.4 Å². The maximum Gasteiger partial charge on any atom is 0.245 e. The summed E-state index contributed by atoms with van der Waals surface area (Å²) >= 11 is 0. The van der Waals surface area contributed by atoms with E-state index in [1.165, 1.54) is 11.1 Å². The predicted octanol–water partition coefficient (Wildman–Crippen LogP) is 2.19. The Morgan fingerprint density at radius 1 is 1.24 bits per heavy atom. The van der Waals surface area contributed by atoms with Crippen molar-refractivity contribution in [1.29, 1.82) is 0 Å². The molecule has 0 aliphatic carbocycles. The lowest BCUT2D eigenvalue weighted by atomic mass is 10.1. The predicted molar refractivity (Wildman–Crippen MR) is 66.7 cm³/mol. The Morgan fingerprint density at radius 3 is 2.59 bits per heavy atom. The molecule has 0 fully saturated rings. The lowest BCUT2D eigenvalue weighted by Gasteiger charge is -2.10. The zero-order valence-corrected chi connectivity index (χ0v) is 10.2. The fraction of sp³-hybridized carbons (Fsp3) is 0.333. The molecule has 0 atom stereocenters. The Balaban J connectivity index is 2.11. The summed E-state index contributed by atoms with van der Waals surface area (Å²) in [5.74, 6) is 1.19. The van der Waals surface area contributed by atoms with E-state index < -0.39 is 0 Å². The van der Waals surface area contributed by atoms with Gasteiger partial charge in [0.1, 0.15) is 0 Å². The van der Waals surface area contributed by atoms with Crippen molar-refractivity contribution < 1.29 is 4.52 Å². The summed E-state index contributed by atoms with van der Waals surface area (Å²) in [5.41, 5.74) is 9.93. The van der Waals surface area contributed by atoms with Crippen LogP contribution in [0.15, 0.2) is 16.7 Å². The van der Waals surface area contributed by atoms with Crippen molar-refractivity contribution in [1.82, 2.24) is 10.1 Å². The lowest BCUT2D eigenvalue weighted by molar-refractivity contribution is 0.379. The topological polar surface area (TPSA) is 77.0 Å². The van der Waals surface area contributed by atoms with E-state index in [0.29, 0.717) is 18.3 Å². The third-order valence-corrected chi connectivity index (χ3v) is 2.67. The van der Waals surface area contributed by atoms with Gasteiger partial charge in [-0.25, -0.2) is 0 Å². The first kappa shape index (κ1) is 11.4. The second-order valence-corrected chi connectivity index (χ2v) is 4.11. The van der Waals surface area contributed by atoms with E-state index in [1.54, 1.807) is 6.92 Å². The standard InChI is InChI=1S/C12H16N4O/c1-7-4-10(13)11(5-8(7)2)14-6-12-15-9(3)16-17-12/h4-5,14H,6,13H2,1-3H3. The second-order valence-electron chi connectivity index (χ2n) is 4.11. The van der Waals surface area contributed by atoms with Gasteiger partial charge in [0, 0.05) is 0 Å². The van der Waals surface area contributed by atoms with Crippen LogP contribution in [0.5, 0.6) is 0 Å². The van der Waals surface area contributed by atoms with Crippen molar-refractivity contribution >= 4 is 11.4 Å². The van der Waals surface area contributed by atoms with Gasteiger partial charge in [0.05, 0.1) is 17.9 Å². The van der Waals surface area contributed by atoms with E-state index in [1.807, 2.05) is 19.1 Å². The van der Waals surface area contributed by atoms with Gasteiger partial charge in [0.25, 0.3) is 0 Å². The van der Waals surface area contributed by atoms with Crippen LogP contribution < -0.4 is 11.1 Å². The van der Waals surface area contributed by atoms with Crippen molar-refractivity contribution in [3.8, 4) is 0 Å². The van der Waals surface area contributed by atoms with Crippen LogP contribution in [-0.4, -0.2) is 10.1 Å². The molecule has 0 spiro atoms. The quantitative estimate of drug-likeness (QED) is 0.793. The van der Waals surface area contributed by atoms with Gasteiger partial charge in [-0.15, -0.1) is 0 Å². The molecule has 0 saturated carbocycles. The Bertz CT molecular complexity index is 533. The highest BCUT2D eigenvalue weighted by Gasteiger charge is 2.05. The molecule has 0 aliphatic rings. The maximum atomic E-state index is 5.93. The summed E-state index contributed by atoms with van der Waals surface area (Å²) in [5, 5.41) is 6.91. The maximum absolute atomic E-state index is 5.93. The van der Waals surface area contributed by atoms with Crippen molar-refractivity contribution in [2.24, 2.45) is 0 Å².